The van der Waals surface area contributed by atoms with Gasteiger partial charge in [0, 0.05) is 19.0 Å². The normalized spacial score (nSPS) is 14.5. The summed E-state index contributed by atoms with van der Waals surface area (Å²) in [5.74, 6) is 1.23. The molecule has 150 valence electrons. The third-order valence-corrected chi connectivity index (χ3v) is 6.36. The fourth-order valence-electron chi connectivity index (χ4n) is 3.61. The van der Waals surface area contributed by atoms with Crippen LogP contribution in [0.5, 0.6) is 5.75 Å². The topological polar surface area (TPSA) is 45.7 Å². The Bertz CT molecular complexity index is 742. The van der Waals surface area contributed by atoms with Crippen molar-refractivity contribution in [2.45, 2.75) is 39.5 Å². The standard InChI is InChI=1S/C20H29N3O2S.ClH/c1-4-22(5-2)12-13-23(19(24)15-8-6-7-9-15)20-21-17-11-10-16(25-3)14-18(17)26-20;/h10-11,14-15H,4-9,12-13H2,1-3H3;1H. The second kappa shape index (κ2) is 10.2. The van der Waals surface area contributed by atoms with Crippen molar-refractivity contribution in [3.8, 4) is 5.75 Å². The maximum Gasteiger partial charge on any atom is 0.231 e. The van der Waals surface area contributed by atoms with Crippen LogP contribution in [-0.2, 0) is 4.79 Å². The number of benzene rings is 1. The fourth-order valence-corrected chi connectivity index (χ4v) is 4.64. The van der Waals surface area contributed by atoms with E-state index in [4.69, 9.17) is 9.72 Å². The average molecular weight is 412 g/mol. The molecule has 0 N–H and O–H groups in total. The Morgan fingerprint density at radius 2 is 1.93 bits per heavy atom. The molecule has 1 aliphatic carbocycles. The molecule has 1 fully saturated rings. The minimum atomic E-state index is 0. The molecule has 7 heteroatoms. The van der Waals surface area contributed by atoms with Crippen molar-refractivity contribution in [3.05, 3.63) is 18.2 Å². The number of likely N-dealkylation sites (N-methyl/N-ethyl adjacent to an activating group) is 1. The molecular formula is C20H30ClN3O2S. The van der Waals surface area contributed by atoms with Crippen LogP contribution in [0.15, 0.2) is 18.2 Å². The first-order chi connectivity index (χ1) is 12.7. The first-order valence-corrected chi connectivity index (χ1v) is 10.5. The van der Waals surface area contributed by atoms with E-state index in [0.29, 0.717) is 6.54 Å². The third kappa shape index (κ3) is 5.12. The van der Waals surface area contributed by atoms with Crippen LogP contribution in [0.25, 0.3) is 10.2 Å². The quantitative estimate of drug-likeness (QED) is 0.637. The number of ether oxygens (including phenoxy) is 1. The van der Waals surface area contributed by atoms with Crippen molar-refractivity contribution >= 4 is 45.0 Å². The summed E-state index contributed by atoms with van der Waals surface area (Å²) >= 11 is 1.58. The van der Waals surface area contributed by atoms with Gasteiger partial charge in [-0.15, -0.1) is 12.4 Å². The summed E-state index contributed by atoms with van der Waals surface area (Å²) in [6.07, 6.45) is 4.35. The number of methoxy groups -OCH3 is 1. The zero-order valence-electron chi connectivity index (χ0n) is 16.4. The highest BCUT2D eigenvalue weighted by Crippen LogP contribution is 2.34. The molecule has 1 saturated carbocycles. The monoisotopic (exact) mass is 411 g/mol. The Balaban J connectivity index is 0.00000261. The molecule has 0 radical (unpaired) electrons. The summed E-state index contributed by atoms with van der Waals surface area (Å²) in [6, 6.07) is 5.89. The Labute approximate surface area is 172 Å². The highest BCUT2D eigenvalue weighted by Gasteiger charge is 2.29. The van der Waals surface area contributed by atoms with Crippen LogP contribution in [-0.4, -0.2) is 49.1 Å². The predicted molar refractivity (Wildman–Crippen MR) is 116 cm³/mol. The molecule has 5 nitrogen and oxygen atoms in total. The van der Waals surface area contributed by atoms with E-state index in [9.17, 15) is 4.79 Å². The number of nitrogens with zero attached hydrogens (tertiary/aromatic N) is 3. The number of hydrogen-bond donors (Lipinski definition) is 0. The Morgan fingerprint density at radius 3 is 2.56 bits per heavy atom. The van der Waals surface area contributed by atoms with Crippen molar-refractivity contribution < 1.29 is 9.53 Å². The van der Waals surface area contributed by atoms with Crippen LogP contribution in [0.4, 0.5) is 5.13 Å². The van der Waals surface area contributed by atoms with Gasteiger partial charge in [0.25, 0.3) is 0 Å². The molecule has 1 aliphatic rings. The van der Waals surface area contributed by atoms with Crippen LogP contribution in [0.3, 0.4) is 0 Å². The summed E-state index contributed by atoms with van der Waals surface area (Å²) in [4.78, 5) is 22.2. The molecule has 0 bridgehead atoms. The second-order valence-corrected chi connectivity index (χ2v) is 7.84. The van der Waals surface area contributed by atoms with E-state index in [1.165, 1.54) is 0 Å². The summed E-state index contributed by atoms with van der Waals surface area (Å²) in [5.41, 5.74) is 0.929. The summed E-state index contributed by atoms with van der Waals surface area (Å²) in [5, 5.41) is 0.817. The molecule has 3 rings (SSSR count). The average Bonchev–Trinajstić information content (AvgIpc) is 3.33. The van der Waals surface area contributed by atoms with E-state index in [2.05, 4.69) is 18.7 Å². The number of fused-ring (bicyclic) bond motifs is 1. The number of anilines is 1. The summed E-state index contributed by atoms with van der Waals surface area (Å²) in [6.45, 7) is 7.91. The molecule has 0 atom stereocenters. The first-order valence-electron chi connectivity index (χ1n) is 9.64. The Kier molecular flexibility index (Phi) is 8.32. The lowest BCUT2D eigenvalue weighted by atomic mass is 10.1. The van der Waals surface area contributed by atoms with Crippen molar-refractivity contribution in [1.29, 1.82) is 0 Å². The largest absolute Gasteiger partial charge is 0.497 e. The molecule has 27 heavy (non-hydrogen) atoms. The summed E-state index contributed by atoms with van der Waals surface area (Å²) < 4.78 is 6.38. The van der Waals surface area contributed by atoms with Crippen molar-refractivity contribution in [3.63, 3.8) is 0 Å². The zero-order valence-corrected chi connectivity index (χ0v) is 18.1. The van der Waals surface area contributed by atoms with E-state index in [0.717, 1.165) is 66.4 Å². The number of amides is 1. The number of hydrogen-bond acceptors (Lipinski definition) is 5. The third-order valence-electron chi connectivity index (χ3n) is 5.32. The SMILES string of the molecule is CCN(CC)CCN(C(=O)C1CCCC1)c1nc2ccc(OC)cc2s1.Cl. The molecule has 0 unspecified atom stereocenters. The molecular weight excluding hydrogens is 382 g/mol. The van der Waals surface area contributed by atoms with Crippen LogP contribution in [0.1, 0.15) is 39.5 Å². The second-order valence-electron chi connectivity index (χ2n) is 6.83. The zero-order chi connectivity index (χ0) is 18.5. The van der Waals surface area contributed by atoms with Gasteiger partial charge in [0.05, 0.1) is 17.3 Å². The number of carbonyl (C=O) groups excluding carboxylic acids is 1. The number of thiazole rings is 1. The minimum absolute atomic E-state index is 0. The van der Waals surface area contributed by atoms with Crippen LogP contribution in [0, 0.1) is 5.92 Å². The highest BCUT2D eigenvalue weighted by molar-refractivity contribution is 7.22. The van der Waals surface area contributed by atoms with Crippen molar-refractivity contribution in [2.24, 2.45) is 5.92 Å². The maximum atomic E-state index is 13.2. The van der Waals surface area contributed by atoms with Gasteiger partial charge in [0.1, 0.15) is 5.75 Å². The smallest absolute Gasteiger partial charge is 0.231 e. The Morgan fingerprint density at radius 1 is 1.22 bits per heavy atom. The lowest BCUT2D eigenvalue weighted by molar-refractivity contribution is -0.122. The van der Waals surface area contributed by atoms with Crippen LogP contribution < -0.4 is 9.64 Å². The predicted octanol–water partition coefficient (Wildman–Crippen LogP) is 4.59. The number of halogens is 1. The first kappa shape index (κ1) is 21.9. The molecule has 2 aromatic rings. The molecule has 1 heterocycles. The lowest BCUT2D eigenvalue weighted by Crippen LogP contribution is -2.41. The van der Waals surface area contributed by atoms with Gasteiger partial charge in [-0.3, -0.25) is 9.69 Å². The van der Waals surface area contributed by atoms with Gasteiger partial charge in [-0.2, -0.15) is 0 Å². The van der Waals surface area contributed by atoms with E-state index < -0.39 is 0 Å². The molecule has 1 aromatic heterocycles. The molecule has 0 saturated heterocycles. The number of aromatic nitrogens is 1. The van der Waals surface area contributed by atoms with Crippen LogP contribution >= 0.6 is 23.7 Å². The highest BCUT2D eigenvalue weighted by atomic mass is 35.5. The van der Waals surface area contributed by atoms with Crippen molar-refractivity contribution in [2.75, 3.05) is 38.2 Å². The lowest BCUT2D eigenvalue weighted by Gasteiger charge is -2.26. The number of rotatable bonds is 8. The maximum absolute atomic E-state index is 13.2. The van der Waals surface area contributed by atoms with Gasteiger partial charge in [-0.25, -0.2) is 4.98 Å². The number of carbonyl (C=O) groups is 1. The van der Waals surface area contributed by atoms with E-state index in [-0.39, 0.29) is 24.2 Å². The van der Waals surface area contributed by atoms with E-state index in [1.54, 1.807) is 18.4 Å². The van der Waals surface area contributed by atoms with Crippen LogP contribution in [0.2, 0.25) is 0 Å². The van der Waals surface area contributed by atoms with Gasteiger partial charge in [0.15, 0.2) is 5.13 Å². The Hall–Kier alpha value is -1.37. The minimum Gasteiger partial charge on any atom is -0.497 e. The summed E-state index contributed by atoms with van der Waals surface area (Å²) in [7, 11) is 1.67. The van der Waals surface area contributed by atoms with E-state index in [1.807, 2.05) is 23.1 Å². The molecule has 0 spiro atoms. The molecule has 0 aliphatic heterocycles. The van der Waals surface area contributed by atoms with Crippen molar-refractivity contribution in [1.82, 2.24) is 9.88 Å². The van der Waals surface area contributed by atoms with Gasteiger partial charge in [-0.1, -0.05) is 38.0 Å². The van der Waals surface area contributed by atoms with Gasteiger partial charge < -0.3 is 9.64 Å². The molecule has 1 aromatic carbocycles. The van der Waals surface area contributed by atoms with Gasteiger partial charge in [0.2, 0.25) is 5.91 Å². The van der Waals surface area contributed by atoms with Gasteiger partial charge >= 0.3 is 0 Å². The van der Waals surface area contributed by atoms with Gasteiger partial charge in [-0.05, 0) is 44.1 Å². The van der Waals surface area contributed by atoms with E-state index >= 15 is 0 Å². The fraction of sp³-hybridized carbons (Fsp3) is 0.600. The molecule has 1 amide bonds.